The zero-order chi connectivity index (χ0) is 9.68. The predicted octanol–water partition coefficient (Wildman–Crippen LogP) is 3.09. The standard InChI is InChI=1S/C9H9BrO2S/c1-12-9(11)4-2-3-7-5-6-8(10)13-7/h2-3,5-6H,4H2,1H3/b3-2-. The van der Waals surface area contributed by atoms with E-state index in [1.54, 1.807) is 17.4 Å². The van der Waals surface area contributed by atoms with E-state index in [1.807, 2.05) is 18.2 Å². The van der Waals surface area contributed by atoms with Gasteiger partial charge in [0.2, 0.25) is 0 Å². The summed E-state index contributed by atoms with van der Waals surface area (Å²) in [6.45, 7) is 0. The molecule has 70 valence electrons. The quantitative estimate of drug-likeness (QED) is 0.781. The Hall–Kier alpha value is -0.610. The Kier molecular flexibility index (Phi) is 4.18. The summed E-state index contributed by atoms with van der Waals surface area (Å²) in [5.41, 5.74) is 0. The van der Waals surface area contributed by atoms with Gasteiger partial charge in [-0.15, -0.1) is 11.3 Å². The van der Waals surface area contributed by atoms with E-state index < -0.39 is 0 Å². The van der Waals surface area contributed by atoms with Crippen LogP contribution in [0.2, 0.25) is 0 Å². The molecule has 1 rings (SSSR count). The SMILES string of the molecule is COC(=O)C/C=C\c1ccc(Br)s1. The van der Waals surface area contributed by atoms with Crippen molar-refractivity contribution in [2.24, 2.45) is 0 Å². The summed E-state index contributed by atoms with van der Waals surface area (Å²) in [7, 11) is 1.39. The Morgan fingerprint density at radius 2 is 2.46 bits per heavy atom. The first kappa shape index (κ1) is 10.5. The topological polar surface area (TPSA) is 26.3 Å². The lowest BCUT2D eigenvalue weighted by Crippen LogP contribution is -1.96. The van der Waals surface area contributed by atoms with Crippen LogP contribution in [0.3, 0.4) is 0 Å². The molecule has 0 aliphatic rings. The van der Waals surface area contributed by atoms with Crippen molar-refractivity contribution in [3.63, 3.8) is 0 Å². The minimum Gasteiger partial charge on any atom is -0.469 e. The molecule has 0 fully saturated rings. The second-order valence-electron chi connectivity index (χ2n) is 2.32. The molecule has 0 spiro atoms. The Labute approximate surface area is 89.3 Å². The smallest absolute Gasteiger partial charge is 0.309 e. The minimum atomic E-state index is -0.216. The molecule has 0 atom stereocenters. The number of halogens is 1. The van der Waals surface area contributed by atoms with Gasteiger partial charge in [-0.2, -0.15) is 0 Å². The Morgan fingerprint density at radius 3 is 3.00 bits per heavy atom. The van der Waals surface area contributed by atoms with E-state index in [0.29, 0.717) is 6.42 Å². The average Bonchev–Trinajstić information content (AvgIpc) is 2.51. The van der Waals surface area contributed by atoms with E-state index in [0.717, 1.165) is 8.66 Å². The first-order valence-electron chi connectivity index (χ1n) is 3.71. The van der Waals surface area contributed by atoms with E-state index in [2.05, 4.69) is 20.7 Å². The lowest BCUT2D eigenvalue weighted by atomic mass is 10.3. The molecule has 0 unspecified atom stereocenters. The summed E-state index contributed by atoms with van der Waals surface area (Å²) < 4.78 is 5.59. The van der Waals surface area contributed by atoms with Crippen LogP contribution in [0.25, 0.3) is 6.08 Å². The molecule has 0 bridgehead atoms. The lowest BCUT2D eigenvalue weighted by Gasteiger charge is -1.90. The van der Waals surface area contributed by atoms with Crippen molar-refractivity contribution in [3.8, 4) is 0 Å². The first-order valence-corrected chi connectivity index (χ1v) is 5.32. The molecule has 1 heterocycles. The Morgan fingerprint density at radius 1 is 1.69 bits per heavy atom. The normalized spacial score (nSPS) is 10.6. The number of esters is 1. The van der Waals surface area contributed by atoms with Gasteiger partial charge in [-0.05, 0) is 34.1 Å². The molecular formula is C9H9BrO2S. The molecule has 2 nitrogen and oxygen atoms in total. The molecule has 0 aliphatic heterocycles. The number of carbonyl (C=O) groups excluding carboxylic acids is 1. The molecule has 0 radical (unpaired) electrons. The van der Waals surface area contributed by atoms with Crippen LogP contribution < -0.4 is 0 Å². The maximum absolute atomic E-state index is 10.7. The molecule has 0 amide bonds. The molecule has 1 aromatic rings. The molecule has 0 aliphatic carbocycles. The Balaban J connectivity index is 2.45. The van der Waals surface area contributed by atoms with Gasteiger partial charge in [-0.3, -0.25) is 4.79 Å². The van der Waals surface area contributed by atoms with Gasteiger partial charge in [0.1, 0.15) is 0 Å². The highest BCUT2D eigenvalue weighted by atomic mass is 79.9. The van der Waals surface area contributed by atoms with Crippen LogP contribution in [-0.2, 0) is 9.53 Å². The third kappa shape index (κ3) is 3.74. The van der Waals surface area contributed by atoms with Crippen molar-refractivity contribution in [3.05, 3.63) is 26.9 Å². The van der Waals surface area contributed by atoms with Crippen molar-refractivity contribution in [2.45, 2.75) is 6.42 Å². The summed E-state index contributed by atoms with van der Waals surface area (Å²) in [5.74, 6) is -0.216. The summed E-state index contributed by atoms with van der Waals surface area (Å²) in [5, 5.41) is 0. The van der Waals surface area contributed by atoms with Gasteiger partial charge in [-0.1, -0.05) is 6.08 Å². The lowest BCUT2D eigenvalue weighted by molar-refractivity contribution is -0.139. The van der Waals surface area contributed by atoms with E-state index in [1.165, 1.54) is 7.11 Å². The predicted molar refractivity (Wildman–Crippen MR) is 57.7 cm³/mol. The zero-order valence-electron chi connectivity index (χ0n) is 7.12. The zero-order valence-corrected chi connectivity index (χ0v) is 9.52. The van der Waals surface area contributed by atoms with E-state index in [-0.39, 0.29) is 5.97 Å². The third-order valence-corrected chi connectivity index (χ3v) is 2.98. The number of rotatable bonds is 3. The molecule has 1 aromatic heterocycles. The highest BCUT2D eigenvalue weighted by Gasteiger charge is 1.95. The second kappa shape index (κ2) is 5.19. The van der Waals surface area contributed by atoms with Gasteiger partial charge in [0.25, 0.3) is 0 Å². The summed E-state index contributed by atoms with van der Waals surface area (Å²) in [4.78, 5) is 11.8. The molecule has 0 saturated heterocycles. The number of hydrogen-bond donors (Lipinski definition) is 0. The monoisotopic (exact) mass is 260 g/mol. The summed E-state index contributed by atoms with van der Waals surface area (Å²) in [6.07, 6.45) is 4.03. The fraction of sp³-hybridized carbons (Fsp3) is 0.222. The van der Waals surface area contributed by atoms with Crippen LogP contribution in [-0.4, -0.2) is 13.1 Å². The van der Waals surface area contributed by atoms with Crippen LogP contribution in [0.1, 0.15) is 11.3 Å². The van der Waals surface area contributed by atoms with Crippen LogP contribution in [0.15, 0.2) is 22.0 Å². The van der Waals surface area contributed by atoms with Crippen molar-refractivity contribution in [1.29, 1.82) is 0 Å². The minimum absolute atomic E-state index is 0.216. The van der Waals surface area contributed by atoms with E-state index in [4.69, 9.17) is 0 Å². The highest BCUT2D eigenvalue weighted by molar-refractivity contribution is 9.11. The van der Waals surface area contributed by atoms with Crippen LogP contribution in [0.4, 0.5) is 0 Å². The summed E-state index contributed by atoms with van der Waals surface area (Å²) >= 11 is 4.98. The highest BCUT2D eigenvalue weighted by Crippen LogP contribution is 2.23. The molecule has 13 heavy (non-hydrogen) atoms. The van der Waals surface area contributed by atoms with E-state index in [9.17, 15) is 4.79 Å². The number of hydrogen-bond acceptors (Lipinski definition) is 3. The first-order chi connectivity index (χ1) is 6.22. The largest absolute Gasteiger partial charge is 0.469 e. The van der Waals surface area contributed by atoms with Crippen LogP contribution in [0, 0.1) is 0 Å². The molecule has 0 aromatic carbocycles. The maximum atomic E-state index is 10.7. The van der Waals surface area contributed by atoms with Gasteiger partial charge in [0.05, 0.1) is 17.3 Å². The average molecular weight is 261 g/mol. The van der Waals surface area contributed by atoms with Crippen molar-refractivity contribution in [1.82, 2.24) is 0 Å². The fourth-order valence-electron chi connectivity index (χ4n) is 0.772. The van der Waals surface area contributed by atoms with Gasteiger partial charge < -0.3 is 4.74 Å². The molecule has 0 saturated carbocycles. The van der Waals surface area contributed by atoms with Gasteiger partial charge >= 0.3 is 5.97 Å². The number of carbonyl (C=O) groups is 1. The van der Waals surface area contributed by atoms with Crippen LogP contribution >= 0.6 is 27.3 Å². The third-order valence-electron chi connectivity index (χ3n) is 1.39. The Bertz CT molecular complexity index is 317. The molecular weight excluding hydrogens is 252 g/mol. The van der Waals surface area contributed by atoms with Gasteiger partial charge in [-0.25, -0.2) is 0 Å². The fourth-order valence-corrected chi connectivity index (χ4v) is 2.13. The molecule has 4 heteroatoms. The van der Waals surface area contributed by atoms with Crippen molar-refractivity contribution in [2.75, 3.05) is 7.11 Å². The van der Waals surface area contributed by atoms with Gasteiger partial charge in [0, 0.05) is 4.88 Å². The van der Waals surface area contributed by atoms with Crippen molar-refractivity contribution >= 4 is 39.3 Å². The van der Waals surface area contributed by atoms with E-state index >= 15 is 0 Å². The molecule has 0 N–H and O–H groups in total. The number of ether oxygens (including phenoxy) is 1. The van der Waals surface area contributed by atoms with Crippen LogP contribution in [0.5, 0.6) is 0 Å². The summed E-state index contributed by atoms with van der Waals surface area (Å²) in [6, 6.07) is 3.96. The van der Waals surface area contributed by atoms with Gasteiger partial charge in [0.15, 0.2) is 0 Å². The second-order valence-corrected chi connectivity index (χ2v) is 4.82. The number of methoxy groups -OCH3 is 1. The van der Waals surface area contributed by atoms with Crippen molar-refractivity contribution < 1.29 is 9.53 Å². The number of thiophene rings is 1. The maximum Gasteiger partial charge on any atom is 0.309 e.